The molecule has 0 saturated carbocycles. The van der Waals surface area contributed by atoms with Gasteiger partial charge in [-0.15, -0.1) is 0 Å². The molecule has 0 bridgehead atoms. The third-order valence-electron chi connectivity index (χ3n) is 4.07. The largest absolute Gasteiger partial charge is 0.271 e. The first-order chi connectivity index (χ1) is 12.9. The van der Waals surface area contributed by atoms with E-state index in [0.29, 0.717) is 0 Å². The van der Waals surface area contributed by atoms with E-state index in [4.69, 9.17) is 0 Å². The number of hydrogen-bond donors (Lipinski definition) is 1. The molecule has 0 atom stereocenters. The standard InChI is InChI=1S/C20H19N3O3S/c1-23(2)27(25,26)18-11-6-9-16(13-18)20(24)22-21-14-17-10-5-8-15-7-3-4-12-19(15)17/h3-14H,1-2H3,(H,22,24)/b21-14-. The van der Waals surface area contributed by atoms with E-state index in [0.717, 1.165) is 20.6 Å². The van der Waals surface area contributed by atoms with Gasteiger partial charge in [0.25, 0.3) is 5.91 Å². The zero-order valence-electron chi connectivity index (χ0n) is 15.0. The number of hydrazone groups is 1. The van der Waals surface area contributed by atoms with Crippen molar-refractivity contribution in [3.05, 3.63) is 77.9 Å². The molecule has 1 amide bonds. The summed E-state index contributed by atoms with van der Waals surface area (Å²) < 4.78 is 25.5. The molecular weight excluding hydrogens is 362 g/mol. The first kappa shape index (κ1) is 18.8. The predicted molar refractivity (Wildman–Crippen MR) is 106 cm³/mol. The number of fused-ring (bicyclic) bond motifs is 1. The molecule has 0 aromatic heterocycles. The fourth-order valence-corrected chi connectivity index (χ4v) is 3.54. The van der Waals surface area contributed by atoms with E-state index in [-0.39, 0.29) is 10.5 Å². The molecule has 3 rings (SSSR count). The van der Waals surface area contributed by atoms with Crippen LogP contribution < -0.4 is 5.43 Å². The molecule has 138 valence electrons. The fourth-order valence-electron chi connectivity index (χ4n) is 2.60. The number of carbonyl (C=O) groups is 1. The molecule has 3 aromatic rings. The van der Waals surface area contributed by atoms with Crippen LogP contribution >= 0.6 is 0 Å². The van der Waals surface area contributed by atoms with E-state index >= 15 is 0 Å². The van der Waals surface area contributed by atoms with Gasteiger partial charge in [-0.3, -0.25) is 4.79 Å². The Hall–Kier alpha value is -3.03. The summed E-state index contributed by atoms with van der Waals surface area (Å²) in [6.45, 7) is 0. The molecule has 0 spiro atoms. The van der Waals surface area contributed by atoms with Gasteiger partial charge in [0, 0.05) is 25.2 Å². The van der Waals surface area contributed by atoms with Crippen molar-refractivity contribution in [2.24, 2.45) is 5.10 Å². The molecule has 0 fully saturated rings. The minimum atomic E-state index is -3.61. The average Bonchev–Trinajstić information content (AvgIpc) is 2.68. The molecule has 6 nitrogen and oxygen atoms in total. The average molecular weight is 381 g/mol. The Morgan fingerprint density at radius 2 is 1.70 bits per heavy atom. The summed E-state index contributed by atoms with van der Waals surface area (Å²) in [7, 11) is -0.724. The summed E-state index contributed by atoms with van der Waals surface area (Å²) in [5.74, 6) is -0.484. The minimum absolute atomic E-state index is 0.0539. The van der Waals surface area contributed by atoms with Crippen LogP contribution in [0.4, 0.5) is 0 Å². The van der Waals surface area contributed by atoms with Gasteiger partial charge in [0.15, 0.2) is 0 Å². The number of carbonyl (C=O) groups excluding carboxylic acids is 1. The van der Waals surface area contributed by atoms with Gasteiger partial charge < -0.3 is 0 Å². The van der Waals surface area contributed by atoms with E-state index in [9.17, 15) is 13.2 Å². The first-order valence-electron chi connectivity index (χ1n) is 8.23. The molecule has 3 aromatic carbocycles. The number of sulfonamides is 1. The van der Waals surface area contributed by atoms with E-state index in [1.54, 1.807) is 6.21 Å². The van der Waals surface area contributed by atoms with Gasteiger partial charge in [0.05, 0.1) is 11.1 Å². The summed E-state index contributed by atoms with van der Waals surface area (Å²) in [5.41, 5.74) is 3.53. The lowest BCUT2D eigenvalue weighted by molar-refractivity contribution is 0.0955. The Bertz CT molecular complexity index is 1120. The van der Waals surface area contributed by atoms with Crippen LogP contribution in [0.2, 0.25) is 0 Å². The number of amides is 1. The van der Waals surface area contributed by atoms with Crippen LogP contribution in [0.15, 0.2) is 76.7 Å². The van der Waals surface area contributed by atoms with Crippen LogP contribution in [0.25, 0.3) is 10.8 Å². The van der Waals surface area contributed by atoms with Crippen molar-refractivity contribution >= 4 is 32.9 Å². The van der Waals surface area contributed by atoms with E-state index in [2.05, 4.69) is 10.5 Å². The van der Waals surface area contributed by atoms with Gasteiger partial charge in [-0.05, 0) is 29.0 Å². The number of nitrogens with one attached hydrogen (secondary N) is 1. The van der Waals surface area contributed by atoms with Crippen LogP contribution in [0.1, 0.15) is 15.9 Å². The second-order valence-electron chi connectivity index (χ2n) is 6.08. The van der Waals surface area contributed by atoms with Crippen molar-refractivity contribution in [1.29, 1.82) is 0 Å². The van der Waals surface area contributed by atoms with Crippen molar-refractivity contribution in [3.63, 3.8) is 0 Å². The molecule has 1 N–H and O–H groups in total. The fraction of sp³-hybridized carbons (Fsp3) is 0.100. The molecular formula is C20H19N3O3S. The maximum atomic E-state index is 12.3. The maximum absolute atomic E-state index is 12.3. The lowest BCUT2D eigenvalue weighted by atomic mass is 10.1. The topological polar surface area (TPSA) is 78.8 Å². The molecule has 0 aliphatic carbocycles. The smallest absolute Gasteiger partial charge is 0.267 e. The molecule has 0 aliphatic heterocycles. The molecule has 27 heavy (non-hydrogen) atoms. The van der Waals surface area contributed by atoms with Gasteiger partial charge in [-0.1, -0.05) is 48.5 Å². The van der Waals surface area contributed by atoms with Crippen LogP contribution in [-0.2, 0) is 10.0 Å². The SMILES string of the molecule is CN(C)S(=O)(=O)c1cccc(C(=O)N/N=C\c2cccc3ccccc23)c1. The Labute approximate surface area is 158 Å². The molecule has 0 aliphatic rings. The molecule has 7 heteroatoms. The normalized spacial score (nSPS) is 12.0. The van der Waals surface area contributed by atoms with E-state index in [1.165, 1.54) is 38.4 Å². The number of benzene rings is 3. The quantitative estimate of drug-likeness (QED) is 0.545. The lowest BCUT2D eigenvalue weighted by Gasteiger charge is -2.11. The second-order valence-corrected chi connectivity index (χ2v) is 8.23. The third-order valence-corrected chi connectivity index (χ3v) is 5.88. The third kappa shape index (κ3) is 4.05. The van der Waals surface area contributed by atoms with Crippen LogP contribution in [0, 0.1) is 0 Å². The van der Waals surface area contributed by atoms with Crippen molar-refractivity contribution in [1.82, 2.24) is 9.73 Å². The van der Waals surface area contributed by atoms with Crippen molar-refractivity contribution in [2.75, 3.05) is 14.1 Å². The van der Waals surface area contributed by atoms with Gasteiger partial charge in [-0.2, -0.15) is 5.10 Å². The van der Waals surface area contributed by atoms with Crippen molar-refractivity contribution < 1.29 is 13.2 Å². The predicted octanol–water partition coefficient (Wildman–Crippen LogP) is 2.85. The number of rotatable bonds is 5. The lowest BCUT2D eigenvalue weighted by Crippen LogP contribution is -2.23. The maximum Gasteiger partial charge on any atom is 0.271 e. The highest BCUT2D eigenvalue weighted by Crippen LogP contribution is 2.17. The Morgan fingerprint density at radius 1 is 1.00 bits per heavy atom. The number of nitrogens with zero attached hydrogens (tertiary/aromatic N) is 2. The summed E-state index contributed by atoms with van der Waals surface area (Å²) in [6.07, 6.45) is 1.57. The molecule has 0 heterocycles. The zero-order chi connectivity index (χ0) is 19.4. The Kier molecular flexibility index (Phi) is 5.34. The first-order valence-corrected chi connectivity index (χ1v) is 9.67. The van der Waals surface area contributed by atoms with E-state index in [1.807, 2.05) is 42.5 Å². The summed E-state index contributed by atoms with van der Waals surface area (Å²) in [6, 6.07) is 19.6. The Morgan fingerprint density at radius 3 is 2.48 bits per heavy atom. The summed E-state index contributed by atoms with van der Waals surface area (Å²) in [5, 5.41) is 6.11. The highest BCUT2D eigenvalue weighted by atomic mass is 32.2. The van der Waals surface area contributed by atoms with Gasteiger partial charge in [0.1, 0.15) is 0 Å². The van der Waals surface area contributed by atoms with Crippen molar-refractivity contribution in [3.8, 4) is 0 Å². The summed E-state index contributed by atoms with van der Waals surface area (Å²) in [4.78, 5) is 12.4. The van der Waals surface area contributed by atoms with Gasteiger partial charge in [-0.25, -0.2) is 18.1 Å². The van der Waals surface area contributed by atoms with Gasteiger partial charge >= 0.3 is 0 Å². The monoisotopic (exact) mass is 381 g/mol. The zero-order valence-corrected chi connectivity index (χ0v) is 15.8. The second kappa shape index (κ2) is 7.69. The molecule has 0 saturated heterocycles. The number of hydrogen-bond acceptors (Lipinski definition) is 4. The highest BCUT2D eigenvalue weighted by Gasteiger charge is 2.18. The van der Waals surface area contributed by atoms with Gasteiger partial charge in [0.2, 0.25) is 10.0 Å². The van der Waals surface area contributed by atoms with Crippen LogP contribution in [0.5, 0.6) is 0 Å². The van der Waals surface area contributed by atoms with Crippen LogP contribution in [0.3, 0.4) is 0 Å². The minimum Gasteiger partial charge on any atom is -0.267 e. The summed E-state index contributed by atoms with van der Waals surface area (Å²) >= 11 is 0. The highest BCUT2D eigenvalue weighted by molar-refractivity contribution is 7.89. The van der Waals surface area contributed by atoms with Crippen molar-refractivity contribution in [2.45, 2.75) is 4.90 Å². The van der Waals surface area contributed by atoms with E-state index < -0.39 is 15.9 Å². The Balaban J connectivity index is 1.79. The molecule has 0 radical (unpaired) electrons. The van der Waals surface area contributed by atoms with Crippen LogP contribution in [-0.4, -0.2) is 38.9 Å². The molecule has 0 unspecified atom stereocenters.